The predicted molar refractivity (Wildman–Crippen MR) is 87.7 cm³/mol. The van der Waals surface area contributed by atoms with Crippen molar-refractivity contribution in [2.24, 2.45) is 0 Å². The van der Waals surface area contributed by atoms with Gasteiger partial charge in [0.15, 0.2) is 0 Å². The molecule has 5 nitrogen and oxygen atoms in total. The maximum Gasteiger partial charge on any atom is 0.262 e. The second-order valence-corrected chi connectivity index (χ2v) is 5.87. The van der Waals surface area contributed by atoms with Crippen LogP contribution in [0.3, 0.4) is 0 Å². The average molecular weight is 328 g/mol. The molecule has 2 amide bonds. The largest absolute Gasteiger partial charge is 0.507 e. The molecule has 0 bridgehead atoms. The molecule has 0 atom stereocenters. The third-order valence-electron chi connectivity index (χ3n) is 3.88. The molecular formula is C18H17FN2O3. The summed E-state index contributed by atoms with van der Waals surface area (Å²) in [4.78, 5) is 24.4. The molecule has 0 aliphatic heterocycles. The molecule has 2 aromatic carbocycles. The van der Waals surface area contributed by atoms with Crippen molar-refractivity contribution in [3.8, 4) is 5.75 Å². The number of hydrogen-bond donors (Lipinski definition) is 3. The van der Waals surface area contributed by atoms with Crippen LogP contribution in [0.2, 0.25) is 0 Å². The summed E-state index contributed by atoms with van der Waals surface area (Å²) in [6.07, 6.45) is 1.96. The Balaban J connectivity index is 1.83. The molecule has 0 unspecified atom stereocenters. The highest BCUT2D eigenvalue weighted by molar-refractivity contribution is 6.07. The minimum atomic E-state index is -0.812. The molecule has 0 saturated heterocycles. The lowest BCUT2D eigenvalue weighted by atomic mass is 10.1. The lowest BCUT2D eigenvalue weighted by Gasteiger charge is -2.12. The van der Waals surface area contributed by atoms with Crippen LogP contribution in [-0.4, -0.2) is 23.0 Å². The van der Waals surface area contributed by atoms with Gasteiger partial charge >= 0.3 is 0 Å². The highest BCUT2D eigenvalue weighted by atomic mass is 19.1. The second-order valence-electron chi connectivity index (χ2n) is 5.87. The van der Waals surface area contributed by atoms with Crippen molar-refractivity contribution in [1.29, 1.82) is 0 Å². The third-order valence-corrected chi connectivity index (χ3v) is 3.88. The zero-order chi connectivity index (χ0) is 17.3. The number of amides is 2. The number of halogens is 1. The van der Waals surface area contributed by atoms with Gasteiger partial charge in [-0.2, -0.15) is 0 Å². The van der Waals surface area contributed by atoms with Crippen LogP contribution in [-0.2, 0) is 0 Å². The van der Waals surface area contributed by atoms with E-state index in [0.717, 1.165) is 24.5 Å². The van der Waals surface area contributed by atoms with Crippen molar-refractivity contribution < 1.29 is 19.1 Å². The van der Waals surface area contributed by atoms with E-state index >= 15 is 0 Å². The van der Waals surface area contributed by atoms with Gasteiger partial charge in [-0.15, -0.1) is 0 Å². The van der Waals surface area contributed by atoms with Gasteiger partial charge in [0.1, 0.15) is 17.1 Å². The summed E-state index contributed by atoms with van der Waals surface area (Å²) < 4.78 is 13.8. The molecule has 3 rings (SSSR count). The fourth-order valence-electron chi connectivity index (χ4n) is 2.32. The van der Waals surface area contributed by atoms with Crippen molar-refractivity contribution in [3.63, 3.8) is 0 Å². The molecule has 0 aromatic heterocycles. The summed E-state index contributed by atoms with van der Waals surface area (Å²) in [6.45, 7) is 1.76. The Bertz CT molecular complexity index is 796. The van der Waals surface area contributed by atoms with Crippen molar-refractivity contribution in [3.05, 3.63) is 58.9 Å². The number of aryl methyl sites for hydroxylation is 1. The Labute approximate surface area is 138 Å². The van der Waals surface area contributed by atoms with Crippen LogP contribution < -0.4 is 10.6 Å². The molecule has 3 N–H and O–H groups in total. The van der Waals surface area contributed by atoms with Crippen LogP contribution in [0, 0.1) is 12.7 Å². The molecule has 0 radical (unpaired) electrons. The third kappa shape index (κ3) is 3.37. The van der Waals surface area contributed by atoms with Crippen LogP contribution in [0.1, 0.15) is 39.1 Å². The van der Waals surface area contributed by atoms with Gasteiger partial charge in [-0.3, -0.25) is 9.59 Å². The van der Waals surface area contributed by atoms with E-state index in [2.05, 4.69) is 10.6 Å². The summed E-state index contributed by atoms with van der Waals surface area (Å²) >= 11 is 0. The quantitative estimate of drug-likeness (QED) is 0.807. The lowest BCUT2D eigenvalue weighted by molar-refractivity contribution is 0.0949. The Morgan fingerprint density at radius 3 is 2.58 bits per heavy atom. The number of carbonyl (C=O) groups excluding carboxylic acids is 2. The number of hydrogen-bond acceptors (Lipinski definition) is 3. The maximum absolute atomic E-state index is 13.8. The van der Waals surface area contributed by atoms with Crippen LogP contribution >= 0.6 is 0 Å². The van der Waals surface area contributed by atoms with E-state index < -0.39 is 23.0 Å². The van der Waals surface area contributed by atoms with Gasteiger partial charge in [-0.25, -0.2) is 4.39 Å². The Morgan fingerprint density at radius 2 is 1.92 bits per heavy atom. The SMILES string of the molecule is Cc1ccc(C(=O)NC2CC2)cc1NC(=O)c1c(O)cccc1F. The standard InChI is InChI=1S/C18H17FN2O3/c1-10-5-6-11(17(23)20-12-7-8-12)9-14(10)21-18(24)16-13(19)3-2-4-15(16)22/h2-6,9,12,22H,7-8H2,1H3,(H,20,23)(H,21,24). The second kappa shape index (κ2) is 6.31. The molecule has 2 aromatic rings. The summed E-state index contributed by atoms with van der Waals surface area (Å²) in [5, 5.41) is 15.1. The van der Waals surface area contributed by atoms with Gasteiger partial charge in [0.25, 0.3) is 11.8 Å². The highest BCUT2D eigenvalue weighted by Crippen LogP contribution is 2.24. The minimum Gasteiger partial charge on any atom is -0.507 e. The van der Waals surface area contributed by atoms with E-state index in [1.165, 1.54) is 12.1 Å². The normalized spacial score (nSPS) is 13.4. The maximum atomic E-state index is 13.8. The Hall–Kier alpha value is -2.89. The highest BCUT2D eigenvalue weighted by Gasteiger charge is 2.24. The molecule has 1 saturated carbocycles. The number of nitrogens with one attached hydrogen (secondary N) is 2. The van der Waals surface area contributed by atoms with Gasteiger partial charge in [-0.1, -0.05) is 12.1 Å². The minimum absolute atomic E-state index is 0.207. The number of phenols is 1. The van der Waals surface area contributed by atoms with E-state index in [9.17, 15) is 19.1 Å². The van der Waals surface area contributed by atoms with Gasteiger partial charge in [0, 0.05) is 17.3 Å². The van der Waals surface area contributed by atoms with Crippen LogP contribution in [0.5, 0.6) is 5.75 Å². The molecule has 1 aliphatic carbocycles. The molecule has 1 aliphatic rings. The first kappa shape index (κ1) is 16.0. The zero-order valence-corrected chi connectivity index (χ0v) is 13.1. The van der Waals surface area contributed by atoms with Gasteiger partial charge in [0.2, 0.25) is 0 Å². The summed E-state index contributed by atoms with van der Waals surface area (Å²) in [5.74, 6) is -2.23. The first-order valence-corrected chi connectivity index (χ1v) is 7.66. The van der Waals surface area contributed by atoms with Gasteiger partial charge in [-0.05, 0) is 49.6 Å². The first-order valence-electron chi connectivity index (χ1n) is 7.66. The summed E-state index contributed by atoms with van der Waals surface area (Å²) in [6, 6.07) is 8.80. The molecule has 6 heteroatoms. The summed E-state index contributed by atoms with van der Waals surface area (Å²) in [7, 11) is 0. The number of carbonyl (C=O) groups is 2. The lowest BCUT2D eigenvalue weighted by Crippen LogP contribution is -2.25. The van der Waals surface area contributed by atoms with E-state index in [1.54, 1.807) is 25.1 Å². The molecule has 1 fully saturated rings. The van der Waals surface area contributed by atoms with E-state index in [4.69, 9.17) is 0 Å². The van der Waals surface area contributed by atoms with Crippen LogP contribution in [0.4, 0.5) is 10.1 Å². The van der Waals surface area contributed by atoms with E-state index in [-0.39, 0.29) is 11.9 Å². The number of aromatic hydroxyl groups is 1. The number of phenolic OH excluding ortho intramolecular Hbond substituents is 1. The Kier molecular flexibility index (Phi) is 4.20. The molecule has 24 heavy (non-hydrogen) atoms. The molecule has 0 heterocycles. The van der Waals surface area contributed by atoms with Gasteiger partial charge < -0.3 is 15.7 Å². The van der Waals surface area contributed by atoms with Gasteiger partial charge in [0.05, 0.1) is 0 Å². The van der Waals surface area contributed by atoms with E-state index in [0.29, 0.717) is 11.3 Å². The van der Waals surface area contributed by atoms with E-state index in [1.807, 2.05) is 0 Å². The van der Waals surface area contributed by atoms with Crippen molar-refractivity contribution in [1.82, 2.24) is 5.32 Å². The average Bonchev–Trinajstić information content (AvgIpc) is 3.33. The predicted octanol–water partition coefficient (Wildman–Crippen LogP) is 2.98. The first-order chi connectivity index (χ1) is 11.5. The molecular weight excluding hydrogens is 311 g/mol. The number of rotatable bonds is 4. The van der Waals surface area contributed by atoms with Crippen molar-refractivity contribution >= 4 is 17.5 Å². The van der Waals surface area contributed by atoms with Crippen molar-refractivity contribution in [2.45, 2.75) is 25.8 Å². The van der Waals surface area contributed by atoms with Crippen molar-refractivity contribution in [2.75, 3.05) is 5.32 Å². The smallest absolute Gasteiger partial charge is 0.262 e. The topological polar surface area (TPSA) is 78.4 Å². The molecule has 124 valence electrons. The molecule has 0 spiro atoms. The fourth-order valence-corrected chi connectivity index (χ4v) is 2.32. The number of anilines is 1. The monoisotopic (exact) mass is 328 g/mol. The summed E-state index contributed by atoms with van der Waals surface area (Å²) in [5.41, 5.74) is 1.11. The number of benzene rings is 2. The Morgan fingerprint density at radius 1 is 1.17 bits per heavy atom. The van der Waals surface area contributed by atoms with Crippen LogP contribution in [0.25, 0.3) is 0 Å². The fraction of sp³-hybridized carbons (Fsp3) is 0.222. The van der Waals surface area contributed by atoms with Crippen LogP contribution in [0.15, 0.2) is 36.4 Å². The zero-order valence-electron chi connectivity index (χ0n) is 13.1.